The van der Waals surface area contributed by atoms with Crippen LogP contribution >= 0.6 is 11.6 Å². The molecule has 3 aromatic rings. The number of aromatic nitrogens is 2. The van der Waals surface area contributed by atoms with Gasteiger partial charge >= 0.3 is 0 Å². The molecule has 0 aliphatic heterocycles. The van der Waals surface area contributed by atoms with E-state index in [2.05, 4.69) is 10.6 Å². The van der Waals surface area contributed by atoms with E-state index in [-0.39, 0.29) is 11.5 Å². The maximum atomic E-state index is 12.9. The number of halogens is 1. The van der Waals surface area contributed by atoms with Gasteiger partial charge in [-0.15, -0.1) is 0 Å². The van der Waals surface area contributed by atoms with Crippen LogP contribution in [0.4, 0.5) is 11.4 Å². The van der Waals surface area contributed by atoms with Crippen molar-refractivity contribution in [2.75, 3.05) is 10.6 Å². The van der Waals surface area contributed by atoms with Crippen LogP contribution in [-0.4, -0.2) is 21.3 Å². The minimum absolute atomic E-state index is 0.205. The lowest BCUT2D eigenvalue weighted by molar-refractivity contribution is -0.116. The smallest absolute Gasteiger partial charge is 0.295 e. The van der Waals surface area contributed by atoms with Crippen molar-refractivity contribution in [2.24, 2.45) is 7.05 Å². The molecule has 140 valence electrons. The van der Waals surface area contributed by atoms with Gasteiger partial charge in [0, 0.05) is 17.8 Å². The topological polar surface area (TPSA) is 68.1 Å². The number of carbonyl (C=O) groups excluding carboxylic acids is 1. The molecule has 0 saturated carbocycles. The Morgan fingerprint density at radius 2 is 1.81 bits per heavy atom. The van der Waals surface area contributed by atoms with E-state index in [0.29, 0.717) is 16.4 Å². The van der Waals surface area contributed by atoms with Gasteiger partial charge in [-0.3, -0.25) is 14.3 Å². The fraction of sp³-hybridized carbons (Fsp3) is 0.200. The molecule has 0 aliphatic rings. The van der Waals surface area contributed by atoms with Gasteiger partial charge in [-0.2, -0.15) is 0 Å². The van der Waals surface area contributed by atoms with Crippen LogP contribution in [0.25, 0.3) is 5.69 Å². The highest BCUT2D eigenvalue weighted by atomic mass is 35.5. The Kier molecular flexibility index (Phi) is 5.37. The summed E-state index contributed by atoms with van der Waals surface area (Å²) in [6.45, 7) is 3.55. The molecule has 2 aromatic carbocycles. The average molecular weight is 385 g/mol. The van der Waals surface area contributed by atoms with E-state index in [1.165, 1.54) is 0 Å². The number of nitrogens with zero attached hydrogens (tertiary/aromatic N) is 2. The fourth-order valence-electron chi connectivity index (χ4n) is 2.83. The van der Waals surface area contributed by atoms with Crippen LogP contribution in [0.3, 0.4) is 0 Å². The standard InChI is InChI=1S/C20H21ClN4O2/c1-13(19(26)23-16-9-7-8-15(21)12-16)22-18-14(2)24(3)25(20(18)27)17-10-5-4-6-11-17/h4-13,22H,1-3H3,(H,23,26). The second-order valence-electron chi connectivity index (χ2n) is 6.30. The van der Waals surface area contributed by atoms with Crippen LogP contribution in [0.15, 0.2) is 59.4 Å². The molecule has 7 heteroatoms. The highest BCUT2D eigenvalue weighted by molar-refractivity contribution is 6.30. The molecule has 1 aromatic heterocycles. The number of carbonyl (C=O) groups is 1. The summed E-state index contributed by atoms with van der Waals surface area (Å²) < 4.78 is 3.33. The summed E-state index contributed by atoms with van der Waals surface area (Å²) >= 11 is 5.94. The number of para-hydroxylation sites is 1. The van der Waals surface area contributed by atoms with Crippen molar-refractivity contribution in [3.8, 4) is 5.69 Å². The summed E-state index contributed by atoms with van der Waals surface area (Å²) in [4.78, 5) is 25.4. The number of hydrogen-bond acceptors (Lipinski definition) is 3. The lowest BCUT2D eigenvalue weighted by Gasteiger charge is -2.14. The molecule has 0 spiro atoms. The van der Waals surface area contributed by atoms with Crippen LogP contribution in [-0.2, 0) is 11.8 Å². The van der Waals surface area contributed by atoms with Crippen LogP contribution < -0.4 is 16.2 Å². The third kappa shape index (κ3) is 3.90. The molecule has 6 nitrogen and oxygen atoms in total. The molecule has 0 fully saturated rings. The molecule has 0 saturated heterocycles. The van der Waals surface area contributed by atoms with E-state index in [4.69, 9.17) is 11.6 Å². The number of hydrogen-bond donors (Lipinski definition) is 2. The number of nitrogens with one attached hydrogen (secondary N) is 2. The largest absolute Gasteiger partial charge is 0.368 e. The predicted octanol–water partition coefficient (Wildman–Crippen LogP) is 3.58. The summed E-state index contributed by atoms with van der Waals surface area (Å²) in [6, 6.07) is 15.7. The van der Waals surface area contributed by atoms with Crippen molar-refractivity contribution < 1.29 is 4.79 Å². The zero-order valence-corrected chi connectivity index (χ0v) is 16.1. The van der Waals surface area contributed by atoms with Crippen LogP contribution in [0.5, 0.6) is 0 Å². The van der Waals surface area contributed by atoms with Gasteiger partial charge in [0.15, 0.2) is 0 Å². The minimum atomic E-state index is -0.609. The first-order valence-corrected chi connectivity index (χ1v) is 8.93. The van der Waals surface area contributed by atoms with E-state index in [0.717, 1.165) is 11.4 Å². The Bertz CT molecular complexity index is 1020. The molecular formula is C20H21ClN4O2. The van der Waals surface area contributed by atoms with Crippen molar-refractivity contribution in [3.05, 3.63) is 75.7 Å². The second kappa shape index (κ2) is 7.72. The molecule has 0 radical (unpaired) electrons. The molecule has 2 N–H and O–H groups in total. The lowest BCUT2D eigenvalue weighted by atomic mass is 10.2. The molecule has 1 amide bonds. The van der Waals surface area contributed by atoms with Crippen LogP contribution in [0, 0.1) is 6.92 Å². The van der Waals surface area contributed by atoms with E-state index in [1.807, 2.05) is 44.3 Å². The van der Waals surface area contributed by atoms with Gasteiger partial charge in [-0.25, -0.2) is 4.68 Å². The SMILES string of the molecule is Cc1c(NC(C)C(=O)Nc2cccc(Cl)c2)c(=O)n(-c2ccccc2)n1C. The Labute approximate surface area is 162 Å². The highest BCUT2D eigenvalue weighted by Gasteiger charge is 2.20. The fourth-order valence-corrected chi connectivity index (χ4v) is 3.02. The first kappa shape index (κ1) is 18.8. The van der Waals surface area contributed by atoms with Gasteiger partial charge in [-0.1, -0.05) is 35.9 Å². The molecule has 0 bridgehead atoms. The second-order valence-corrected chi connectivity index (χ2v) is 6.74. The molecule has 1 atom stereocenters. The van der Waals surface area contributed by atoms with Crippen molar-refractivity contribution in [1.82, 2.24) is 9.36 Å². The zero-order valence-electron chi connectivity index (χ0n) is 15.4. The van der Waals surface area contributed by atoms with Gasteiger partial charge in [-0.05, 0) is 44.2 Å². The molecule has 3 rings (SSSR count). The summed E-state index contributed by atoms with van der Waals surface area (Å²) in [7, 11) is 1.81. The van der Waals surface area contributed by atoms with E-state index >= 15 is 0 Å². The summed E-state index contributed by atoms with van der Waals surface area (Å²) in [5.74, 6) is -0.258. The Hall–Kier alpha value is -2.99. The first-order valence-electron chi connectivity index (χ1n) is 8.55. The summed E-state index contributed by atoms with van der Waals surface area (Å²) in [5, 5.41) is 6.38. The van der Waals surface area contributed by atoms with Crippen LogP contribution in [0.2, 0.25) is 5.02 Å². The Morgan fingerprint density at radius 1 is 1.11 bits per heavy atom. The molecular weight excluding hydrogens is 364 g/mol. The monoisotopic (exact) mass is 384 g/mol. The number of rotatable bonds is 5. The van der Waals surface area contributed by atoms with Crippen molar-refractivity contribution in [3.63, 3.8) is 0 Å². The normalized spacial score (nSPS) is 11.9. The predicted molar refractivity (Wildman–Crippen MR) is 109 cm³/mol. The lowest BCUT2D eigenvalue weighted by Crippen LogP contribution is -2.34. The van der Waals surface area contributed by atoms with Crippen molar-refractivity contribution >= 4 is 28.9 Å². The first-order chi connectivity index (χ1) is 12.9. The van der Waals surface area contributed by atoms with Gasteiger partial charge in [0.25, 0.3) is 5.56 Å². The van der Waals surface area contributed by atoms with E-state index < -0.39 is 6.04 Å². The quantitative estimate of drug-likeness (QED) is 0.706. The minimum Gasteiger partial charge on any atom is -0.368 e. The van der Waals surface area contributed by atoms with Crippen molar-refractivity contribution in [1.29, 1.82) is 0 Å². The number of amides is 1. The van der Waals surface area contributed by atoms with Gasteiger partial charge in [0.2, 0.25) is 5.91 Å². The van der Waals surface area contributed by atoms with Gasteiger partial charge in [0.1, 0.15) is 11.7 Å². The average Bonchev–Trinajstić information content (AvgIpc) is 2.85. The molecule has 27 heavy (non-hydrogen) atoms. The maximum absolute atomic E-state index is 12.9. The summed E-state index contributed by atoms with van der Waals surface area (Å²) in [6.07, 6.45) is 0. The zero-order chi connectivity index (χ0) is 19.6. The Balaban J connectivity index is 1.83. The van der Waals surface area contributed by atoms with E-state index in [9.17, 15) is 9.59 Å². The Morgan fingerprint density at radius 3 is 2.48 bits per heavy atom. The highest BCUT2D eigenvalue weighted by Crippen LogP contribution is 2.17. The van der Waals surface area contributed by atoms with Gasteiger partial charge < -0.3 is 10.6 Å². The van der Waals surface area contributed by atoms with Gasteiger partial charge in [0.05, 0.1) is 11.4 Å². The third-order valence-corrected chi connectivity index (χ3v) is 4.64. The number of anilines is 2. The summed E-state index contributed by atoms with van der Waals surface area (Å²) in [5.41, 5.74) is 2.30. The van der Waals surface area contributed by atoms with Crippen LogP contribution in [0.1, 0.15) is 12.6 Å². The molecule has 1 unspecified atom stereocenters. The molecule has 1 heterocycles. The maximum Gasteiger partial charge on any atom is 0.295 e. The number of benzene rings is 2. The van der Waals surface area contributed by atoms with Crippen molar-refractivity contribution in [2.45, 2.75) is 19.9 Å². The molecule has 0 aliphatic carbocycles. The third-order valence-electron chi connectivity index (χ3n) is 4.40. The van der Waals surface area contributed by atoms with E-state index in [1.54, 1.807) is 40.6 Å².